The van der Waals surface area contributed by atoms with Gasteiger partial charge in [-0.2, -0.15) is 0 Å². The number of carbonyl (C=O) groups excluding carboxylic acids is 2. The van der Waals surface area contributed by atoms with E-state index < -0.39 is 0 Å². The Morgan fingerprint density at radius 2 is 1.69 bits per heavy atom. The zero-order valence-corrected chi connectivity index (χ0v) is 24.0. The van der Waals surface area contributed by atoms with Gasteiger partial charge in [-0.25, -0.2) is 0 Å². The number of rotatable bonds is 6. The minimum Gasteiger partial charge on any atom is -0.343 e. The van der Waals surface area contributed by atoms with E-state index in [4.69, 9.17) is 16.6 Å². The predicted molar refractivity (Wildman–Crippen MR) is 157 cm³/mol. The molecule has 2 fully saturated rings. The van der Waals surface area contributed by atoms with Gasteiger partial charge in [0, 0.05) is 74.3 Å². The molecule has 39 heavy (non-hydrogen) atoms. The third-order valence-electron chi connectivity index (χ3n) is 8.57. The number of pyridine rings is 1. The fourth-order valence-corrected chi connectivity index (χ4v) is 6.47. The molecule has 1 unspecified atom stereocenters. The lowest BCUT2D eigenvalue weighted by atomic mass is 9.90. The van der Waals surface area contributed by atoms with Crippen molar-refractivity contribution in [1.82, 2.24) is 19.7 Å². The van der Waals surface area contributed by atoms with Crippen LogP contribution in [0.3, 0.4) is 0 Å². The lowest BCUT2D eigenvalue weighted by Crippen LogP contribution is -2.58. The lowest BCUT2D eigenvalue weighted by Gasteiger charge is -2.47. The third kappa shape index (κ3) is 6.12. The van der Waals surface area contributed by atoms with Gasteiger partial charge in [-0.15, -0.1) is 0 Å². The standard InChI is InChI=1S/C32H39ClN4O2/c1-22(2)29-21-36(18-19-37(29)30(39)20-24-13-16-35(17-14-24)23(3)38)32(26-9-11-27(33)12-10-26)28-8-4-6-25-7-5-15-34-31(25)28/h4-12,15,22,24,29,32H,13-14,16-21H2,1-3H3/t29-,32?/m1/s1. The molecule has 0 saturated carbocycles. The van der Waals surface area contributed by atoms with Crippen molar-refractivity contribution in [2.45, 2.75) is 52.1 Å². The molecule has 2 atom stereocenters. The van der Waals surface area contributed by atoms with Gasteiger partial charge in [-0.05, 0) is 48.4 Å². The number of nitrogens with zero attached hydrogens (tertiary/aromatic N) is 4. The van der Waals surface area contributed by atoms with Crippen molar-refractivity contribution >= 4 is 34.3 Å². The highest BCUT2D eigenvalue weighted by atomic mass is 35.5. The summed E-state index contributed by atoms with van der Waals surface area (Å²) >= 11 is 6.28. The topological polar surface area (TPSA) is 56.8 Å². The molecule has 0 N–H and O–H groups in total. The van der Waals surface area contributed by atoms with Crippen molar-refractivity contribution in [3.05, 3.63) is 76.9 Å². The number of likely N-dealkylation sites (tertiary alicyclic amines) is 1. The van der Waals surface area contributed by atoms with Crippen LogP contribution < -0.4 is 0 Å². The number of piperazine rings is 1. The number of halogens is 1. The highest BCUT2D eigenvalue weighted by molar-refractivity contribution is 6.30. The van der Waals surface area contributed by atoms with Gasteiger partial charge < -0.3 is 9.80 Å². The first-order chi connectivity index (χ1) is 18.8. The van der Waals surface area contributed by atoms with E-state index in [0.717, 1.165) is 54.9 Å². The molecule has 0 radical (unpaired) electrons. The van der Waals surface area contributed by atoms with Crippen LogP contribution >= 0.6 is 11.6 Å². The Hall–Kier alpha value is -2.96. The highest BCUT2D eigenvalue weighted by Gasteiger charge is 2.37. The molecular weight excluding hydrogens is 508 g/mol. The number of amides is 2. The first kappa shape index (κ1) is 27.6. The largest absolute Gasteiger partial charge is 0.343 e. The van der Waals surface area contributed by atoms with E-state index >= 15 is 0 Å². The average Bonchev–Trinajstić information content (AvgIpc) is 2.94. The minimum atomic E-state index is 0.00952. The number of aromatic nitrogens is 1. The van der Waals surface area contributed by atoms with Crippen molar-refractivity contribution in [3.63, 3.8) is 0 Å². The molecule has 2 aliphatic rings. The monoisotopic (exact) mass is 546 g/mol. The first-order valence-electron chi connectivity index (χ1n) is 14.2. The maximum Gasteiger partial charge on any atom is 0.223 e. The van der Waals surface area contributed by atoms with Crippen LogP contribution in [0.25, 0.3) is 10.9 Å². The second kappa shape index (κ2) is 12.1. The van der Waals surface area contributed by atoms with Crippen molar-refractivity contribution in [2.75, 3.05) is 32.7 Å². The van der Waals surface area contributed by atoms with Crippen LogP contribution in [0, 0.1) is 11.8 Å². The number of piperidine rings is 1. The maximum atomic E-state index is 13.6. The molecule has 7 heteroatoms. The molecule has 206 valence electrons. The van der Waals surface area contributed by atoms with Crippen LogP contribution in [0.5, 0.6) is 0 Å². The van der Waals surface area contributed by atoms with Gasteiger partial charge in [0.25, 0.3) is 0 Å². The Kier molecular flexibility index (Phi) is 8.53. The summed E-state index contributed by atoms with van der Waals surface area (Å²) in [5, 5.41) is 1.84. The summed E-state index contributed by atoms with van der Waals surface area (Å²) in [5.74, 6) is 1.06. The zero-order valence-electron chi connectivity index (χ0n) is 23.2. The van der Waals surface area contributed by atoms with E-state index in [2.05, 4.69) is 60.0 Å². The van der Waals surface area contributed by atoms with Crippen LogP contribution in [0.1, 0.15) is 57.2 Å². The van der Waals surface area contributed by atoms with Crippen LogP contribution in [0.4, 0.5) is 0 Å². The maximum absolute atomic E-state index is 13.6. The molecule has 1 aromatic heterocycles. The molecular formula is C32H39ClN4O2. The van der Waals surface area contributed by atoms with E-state index in [-0.39, 0.29) is 23.9 Å². The Balaban J connectivity index is 1.39. The van der Waals surface area contributed by atoms with Crippen LogP contribution in [-0.2, 0) is 9.59 Å². The number of hydrogen-bond donors (Lipinski definition) is 0. The molecule has 2 aliphatic heterocycles. The van der Waals surface area contributed by atoms with Gasteiger partial charge in [-0.3, -0.25) is 19.5 Å². The second-order valence-electron chi connectivity index (χ2n) is 11.4. The second-order valence-corrected chi connectivity index (χ2v) is 11.9. The number of fused-ring (bicyclic) bond motifs is 1. The molecule has 3 heterocycles. The Labute approximate surface area is 236 Å². The summed E-state index contributed by atoms with van der Waals surface area (Å²) in [4.78, 5) is 36.7. The van der Waals surface area contributed by atoms with Gasteiger partial charge in [0.05, 0.1) is 11.6 Å². The molecule has 5 rings (SSSR count). The third-order valence-corrected chi connectivity index (χ3v) is 8.82. The molecule has 2 amide bonds. The summed E-state index contributed by atoms with van der Waals surface area (Å²) in [6, 6.07) is 18.8. The van der Waals surface area contributed by atoms with Crippen LogP contribution in [-0.4, -0.2) is 70.3 Å². The van der Waals surface area contributed by atoms with E-state index in [1.807, 2.05) is 29.3 Å². The van der Waals surface area contributed by atoms with Gasteiger partial charge in [0.15, 0.2) is 0 Å². The number of para-hydroxylation sites is 1. The Morgan fingerprint density at radius 3 is 2.38 bits per heavy atom. The fourth-order valence-electron chi connectivity index (χ4n) is 6.34. The summed E-state index contributed by atoms with van der Waals surface area (Å²) in [6.45, 7) is 9.87. The summed E-state index contributed by atoms with van der Waals surface area (Å²) in [5.41, 5.74) is 3.36. The lowest BCUT2D eigenvalue weighted by molar-refractivity contribution is -0.139. The van der Waals surface area contributed by atoms with Gasteiger partial charge in [0.2, 0.25) is 11.8 Å². The number of benzene rings is 2. The normalized spacial score (nSPS) is 20.0. The zero-order chi connectivity index (χ0) is 27.5. The Morgan fingerprint density at radius 1 is 0.974 bits per heavy atom. The number of hydrogen-bond acceptors (Lipinski definition) is 4. The highest BCUT2D eigenvalue weighted by Crippen LogP contribution is 2.36. The van der Waals surface area contributed by atoms with Crippen LogP contribution in [0.15, 0.2) is 60.8 Å². The van der Waals surface area contributed by atoms with E-state index in [1.165, 1.54) is 11.1 Å². The molecule has 0 aliphatic carbocycles. The van der Waals surface area contributed by atoms with E-state index in [1.54, 1.807) is 6.92 Å². The minimum absolute atomic E-state index is 0.00952. The average molecular weight is 547 g/mol. The summed E-state index contributed by atoms with van der Waals surface area (Å²) in [7, 11) is 0. The van der Waals surface area contributed by atoms with Gasteiger partial charge in [0.1, 0.15) is 0 Å². The smallest absolute Gasteiger partial charge is 0.223 e. The SMILES string of the molecule is CC(=O)N1CCC(CC(=O)N2CCN(C(c3ccc(Cl)cc3)c3cccc4cccnc34)C[C@@H]2C(C)C)CC1. The van der Waals surface area contributed by atoms with Gasteiger partial charge >= 0.3 is 0 Å². The molecule has 6 nitrogen and oxygen atoms in total. The van der Waals surface area contributed by atoms with Crippen molar-refractivity contribution < 1.29 is 9.59 Å². The van der Waals surface area contributed by atoms with E-state index in [9.17, 15) is 9.59 Å². The fraction of sp³-hybridized carbons (Fsp3) is 0.469. The van der Waals surface area contributed by atoms with Gasteiger partial charge in [-0.1, -0.05) is 61.8 Å². The molecule has 3 aromatic rings. The molecule has 0 spiro atoms. The predicted octanol–water partition coefficient (Wildman–Crippen LogP) is 5.80. The quantitative estimate of drug-likeness (QED) is 0.392. The van der Waals surface area contributed by atoms with Crippen molar-refractivity contribution in [3.8, 4) is 0 Å². The van der Waals surface area contributed by atoms with Crippen molar-refractivity contribution in [2.24, 2.45) is 11.8 Å². The molecule has 0 bridgehead atoms. The summed E-state index contributed by atoms with van der Waals surface area (Å²) < 4.78 is 0. The molecule has 2 saturated heterocycles. The van der Waals surface area contributed by atoms with Crippen molar-refractivity contribution in [1.29, 1.82) is 0 Å². The van der Waals surface area contributed by atoms with Crippen LogP contribution in [0.2, 0.25) is 5.02 Å². The number of carbonyl (C=O) groups is 2. The Bertz CT molecular complexity index is 1300. The summed E-state index contributed by atoms with van der Waals surface area (Å²) in [6.07, 6.45) is 4.25. The van der Waals surface area contributed by atoms with E-state index in [0.29, 0.717) is 24.8 Å². The first-order valence-corrected chi connectivity index (χ1v) is 14.6. The molecule has 2 aromatic carbocycles.